The van der Waals surface area contributed by atoms with Crippen LogP contribution in [0, 0.1) is 5.82 Å². The molecule has 6 heteroatoms. The molecule has 94 valence electrons. The molecule has 1 saturated carbocycles. The maximum atomic E-state index is 13.4. The summed E-state index contributed by atoms with van der Waals surface area (Å²) in [5.74, 6) is 0.251. The van der Waals surface area contributed by atoms with Crippen molar-refractivity contribution in [3.63, 3.8) is 0 Å². The number of rotatable bonds is 3. The number of aromatic nitrogens is 2. The van der Waals surface area contributed by atoms with Crippen molar-refractivity contribution < 1.29 is 4.39 Å². The molecule has 0 unspecified atom stereocenters. The molecule has 0 bridgehead atoms. The summed E-state index contributed by atoms with van der Waals surface area (Å²) in [5.41, 5.74) is 1.22. The van der Waals surface area contributed by atoms with Gasteiger partial charge in [-0.3, -0.25) is 5.10 Å². The number of nitrogens with zero attached hydrogens (tertiary/aromatic N) is 1. The predicted octanol–water partition coefficient (Wildman–Crippen LogP) is 4.10. The lowest BCUT2D eigenvalue weighted by Crippen LogP contribution is -2.00. The second-order valence-electron chi connectivity index (χ2n) is 4.33. The third-order valence-corrected chi connectivity index (χ3v) is 3.41. The fourth-order valence-electron chi connectivity index (χ4n) is 1.70. The van der Waals surface area contributed by atoms with E-state index in [1.807, 2.05) is 6.07 Å². The Balaban J connectivity index is 1.93. The molecule has 0 amide bonds. The molecule has 3 nitrogen and oxygen atoms in total. The van der Waals surface area contributed by atoms with Crippen molar-refractivity contribution in [2.75, 3.05) is 5.32 Å². The standard InChI is InChI=1S/C12H10Cl2FN3/c13-8-4-9(14)10(15)3-7(8)11-5-12(18-17-11)16-6-1-2-6/h3-6H,1-2H2,(H2,16,17,18). The van der Waals surface area contributed by atoms with Crippen LogP contribution in [0.15, 0.2) is 18.2 Å². The summed E-state index contributed by atoms with van der Waals surface area (Å²) in [5, 5.41) is 10.6. The maximum Gasteiger partial charge on any atom is 0.148 e. The fourth-order valence-corrected chi connectivity index (χ4v) is 2.18. The summed E-state index contributed by atoms with van der Waals surface area (Å²) < 4.78 is 13.4. The average Bonchev–Trinajstić information content (AvgIpc) is 3.01. The zero-order valence-corrected chi connectivity index (χ0v) is 10.8. The van der Waals surface area contributed by atoms with E-state index < -0.39 is 5.82 Å². The Morgan fingerprint density at radius 2 is 2.00 bits per heavy atom. The van der Waals surface area contributed by atoms with Crippen molar-refractivity contribution in [3.8, 4) is 11.3 Å². The number of halogens is 3. The van der Waals surface area contributed by atoms with Crippen LogP contribution >= 0.6 is 23.2 Å². The number of anilines is 1. The smallest absolute Gasteiger partial charge is 0.148 e. The molecule has 0 saturated heterocycles. The van der Waals surface area contributed by atoms with Crippen LogP contribution in [0.5, 0.6) is 0 Å². The lowest BCUT2D eigenvalue weighted by Gasteiger charge is -2.02. The number of H-pyrrole nitrogens is 1. The Morgan fingerprint density at radius 3 is 2.72 bits per heavy atom. The Hall–Kier alpha value is -1.26. The first-order valence-electron chi connectivity index (χ1n) is 5.60. The van der Waals surface area contributed by atoms with Gasteiger partial charge in [0, 0.05) is 17.7 Å². The highest BCUT2D eigenvalue weighted by Gasteiger charge is 2.22. The topological polar surface area (TPSA) is 40.7 Å². The van der Waals surface area contributed by atoms with Gasteiger partial charge in [0.2, 0.25) is 0 Å². The van der Waals surface area contributed by atoms with E-state index >= 15 is 0 Å². The number of benzene rings is 1. The molecule has 0 spiro atoms. The molecule has 18 heavy (non-hydrogen) atoms. The lowest BCUT2D eigenvalue weighted by atomic mass is 10.1. The molecule has 1 fully saturated rings. The SMILES string of the molecule is Fc1cc(-c2cc(NC3CC3)n[nH]2)c(Cl)cc1Cl. The van der Waals surface area contributed by atoms with Crippen molar-refractivity contribution in [2.45, 2.75) is 18.9 Å². The van der Waals surface area contributed by atoms with Crippen LogP contribution in [-0.2, 0) is 0 Å². The van der Waals surface area contributed by atoms with Gasteiger partial charge in [-0.2, -0.15) is 5.10 Å². The van der Waals surface area contributed by atoms with Gasteiger partial charge in [-0.25, -0.2) is 4.39 Å². The Morgan fingerprint density at radius 1 is 1.22 bits per heavy atom. The van der Waals surface area contributed by atoms with E-state index in [9.17, 15) is 4.39 Å². The molecule has 1 aromatic carbocycles. The number of aromatic amines is 1. The van der Waals surface area contributed by atoms with E-state index in [4.69, 9.17) is 23.2 Å². The van der Waals surface area contributed by atoms with Crippen molar-refractivity contribution in [2.24, 2.45) is 0 Å². The Labute approximate surface area is 113 Å². The molecule has 0 aliphatic heterocycles. The van der Waals surface area contributed by atoms with Crippen molar-refractivity contribution >= 4 is 29.0 Å². The van der Waals surface area contributed by atoms with E-state index in [1.54, 1.807) is 0 Å². The molecule has 3 rings (SSSR count). The van der Waals surface area contributed by atoms with Gasteiger partial charge in [0.25, 0.3) is 0 Å². The first kappa shape index (κ1) is 11.8. The van der Waals surface area contributed by atoms with Crippen LogP contribution in [0.3, 0.4) is 0 Å². The number of hydrogen-bond donors (Lipinski definition) is 2. The molecule has 2 aromatic rings. The first-order valence-corrected chi connectivity index (χ1v) is 6.36. The molecular formula is C12H10Cl2FN3. The average molecular weight is 286 g/mol. The molecule has 1 aromatic heterocycles. The molecular weight excluding hydrogens is 276 g/mol. The van der Waals surface area contributed by atoms with Crippen LogP contribution in [0.4, 0.5) is 10.2 Å². The van der Waals surface area contributed by atoms with Crippen LogP contribution in [0.2, 0.25) is 10.0 Å². The summed E-state index contributed by atoms with van der Waals surface area (Å²) in [7, 11) is 0. The minimum absolute atomic E-state index is 0.0135. The van der Waals surface area contributed by atoms with Gasteiger partial charge in [-0.15, -0.1) is 0 Å². The van der Waals surface area contributed by atoms with Gasteiger partial charge >= 0.3 is 0 Å². The van der Waals surface area contributed by atoms with E-state index in [0.29, 0.717) is 22.3 Å². The van der Waals surface area contributed by atoms with Crippen LogP contribution in [0.25, 0.3) is 11.3 Å². The normalized spacial score (nSPS) is 14.8. The van der Waals surface area contributed by atoms with Crippen molar-refractivity contribution in [3.05, 3.63) is 34.1 Å². The highest BCUT2D eigenvalue weighted by Crippen LogP contribution is 2.33. The van der Waals surface area contributed by atoms with Gasteiger partial charge in [0.15, 0.2) is 0 Å². The second kappa shape index (κ2) is 4.44. The molecule has 1 aliphatic rings. The third-order valence-electron chi connectivity index (χ3n) is 2.81. The minimum atomic E-state index is -0.498. The number of hydrogen-bond acceptors (Lipinski definition) is 2. The summed E-state index contributed by atoms with van der Waals surface area (Å²) in [4.78, 5) is 0. The van der Waals surface area contributed by atoms with Gasteiger partial charge < -0.3 is 5.32 Å². The van der Waals surface area contributed by atoms with Gasteiger partial charge in [0.05, 0.1) is 15.7 Å². The minimum Gasteiger partial charge on any atom is -0.366 e. The van der Waals surface area contributed by atoms with E-state index in [2.05, 4.69) is 15.5 Å². The molecule has 1 heterocycles. The van der Waals surface area contributed by atoms with E-state index in [-0.39, 0.29) is 5.02 Å². The molecule has 0 radical (unpaired) electrons. The van der Waals surface area contributed by atoms with Gasteiger partial charge in [0.1, 0.15) is 11.6 Å². The monoisotopic (exact) mass is 285 g/mol. The maximum absolute atomic E-state index is 13.4. The number of nitrogens with one attached hydrogen (secondary N) is 2. The van der Waals surface area contributed by atoms with Crippen molar-refractivity contribution in [1.82, 2.24) is 10.2 Å². The zero-order valence-electron chi connectivity index (χ0n) is 9.30. The quantitative estimate of drug-likeness (QED) is 0.834. The van der Waals surface area contributed by atoms with E-state index in [0.717, 1.165) is 5.82 Å². The van der Waals surface area contributed by atoms with E-state index in [1.165, 1.54) is 25.0 Å². The Kier molecular flexibility index (Phi) is 2.92. The first-order chi connectivity index (χ1) is 8.63. The van der Waals surface area contributed by atoms with Gasteiger partial charge in [-0.05, 0) is 25.0 Å². The summed E-state index contributed by atoms with van der Waals surface area (Å²) in [6.07, 6.45) is 2.33. The largest absolute Gasteiger partial charge is 0.366 e. The molecule has 2 N–H and O–H groups in total. The molecule has 1 aliphatic carbocycles. The molecule has 0 atom stereocenters. The highest BCUT2D eigenvalue weighted by molar-refractivity contribution is 6.36. The van der Waals surface area contributed by atoms with Crippen LogP contribution < -0.4 is 5.32 Å². The Bertz CT molecular complexity index is 593. The second-order valence-corrected chi connectivity index (χ2v) is 5.15. The highest BCUT2D eigenvalue weighted by atomic mass is 35.5. The zero-order chi connectivity index (χ0) is 12.7. The summed E-state index contributed by atoms with van der Waals surface area (Å²) >= 11 is 11.7. The fraction of sp³-hybridized carbons (Fsp3) is 0.250. The lowest BCUT2D eigenvalue weighted by molar-refractivity contribution is 0.628. The van der Waals surface area contributed by atoms with Crippen molar-refractivity contribution in [1.29, 1.82) is 0 Å². The predicted molar refractivity (Wildman–Crippen MR) is 70.6 cm³/mol. The summed E-state index contributed by atoms with van der Waals surface area (Å²) in [6, 6.07) is 5.02. The van der Waals surface area contributed by atoms with Crippen LogP contribution in [-0.4, -0.2) is 16.2 Å². The third kappa shape index (κ3) is 2.31. The summed E-state index contributed by atoms with van der Waals surface area (Å²) in [6.45, 7) is 0. The van der Waals surface area contributed by atoms with Gasteiger partial charge in [-0.1, -0.05) is 23.2 Å². The van der Waals surface area contributed by atoms with Crippen LogP contribution in [0.1, 0.15) is 12.8 Å².